The average Bonchev–Trinajstić information content (AvgIpc) is 2.04. The summed E-state index contributed by atoms with van der Waals surface area (Å²) in [6.45, 7) is 1.48. The predicted molar refractivity (Wildman–Crippen MR) is 48.2 cm³/mol. The fraction of sp³-hybridized carbons (Fsp3) is 0.500. The molecule has 0 aliphatic carbocycles. The van der Waals surface area contributed by atoms with Gasteiger partial charge < -0.3 is 16.8 Å². The van der Waals surface area contributed by atoms with Crippen LogP contribution in [-0.4, -0.2) is 23.9 Å². The molecule has 0 fully saturated rings. The SMILES string of the molecule is C#CCC(N)C(=O)NC(C)C(N)=O. The molecule has 5 N–H and O–H groups in total. The van der Waals surface area contributed by atoms with Gasteiger partial charge in [0.15, 0.2) is 0 Å². The summed E-state index contributed by atoms with van der Waals surface area (Å²) in [5.74, 6) is 1.17. The summed E-state index contributed by atoms with van der Waals surface area (Å²) in [6, 6.07) is -1.51. The van der Waals surface area contributed by atoms with Crippen LogP contribution in [-0.2, 0) is 9.59 Å². The lowest BCUT2D eigenvalue weighted by Gasteiger charge is -2.13. The minimum absolute atomic E-state index is 0.136. The molecule has 0 heterocycles. The van der Waals surface area contributed by atoms with Crippen LogP contribution in [0.3, 0.4) is 0 Å². The first-order valence-corrected chi connectivity index (χ1v) is 3.77. The third kappa shape index (κ3) is 4.13. The van der Waals surface area contributed by atoms with Gasteiger partial charge in [0.05, 0.1) is 6.04 Å². The van der Waals surface area contributed by atoms with Gasteiger partial charge in [0.2, 0.25) is 11.8 Å². The monoisotopic (exact) mass is 183 g/mol. The first-order chi connectivity index (χ1) is 5.99. The summed E-state index contributed by atoms with van der Waals surface area (Å²) in [5, 5.41) is 2.33. The molecule has 72 valence electrons. The summed E-state index contributed by atoms with van der Waals surface area (Å²) < 4.78 is 0. The number of hydrogen-bond donors (Lipinski definition) is 3. The first kappa shape index (κ1) is 11.5. The Balaban J connectivity index is 4.01. The van der Waals surface area contributed by atoms with E-state index in [4.69, 9.17) is 17.9 Å². The molecular formula is C8H13N3O2. The topological polar surface area (TPSA) is 98.2 Å². The molecular weight excluding hydrogens is 170 g/mol. The van der Waals surface area contributed by atoms with Crippen molar-refractivity contribution < 1.29 is 9.59 Å². The lowest BCUT2D eigenvalue weighted by Crippen LogP contribution is -2.48. The van der Waals surface area contributed by atoms with E-state index in [0.717, 1.165) is 0 Å². The van der Waals surface area contributed by atoms with Crippen LogP contribution >= 0.6 is 0 Å². The molecule has 2 unspecified atom stereocenters. The maximum Gasteiger partial charge on any atom is 0.239 e. The molecule has 0 aliphatic rings. The highest BCUT2D eigenvalue weighted by Gasteiger charge is 2.16. The fourth-order valence-electron chi connectivity index (χ4n) is 0.611. The van der Waals surface area contributed by atoms with E-state index in [1.807, 2.05) is 0 Å². The zero-order valence-corrected chi connectivity index (χ0v) is 7.41. The molecule has 2 amide bonds. The number of rotatable bonds is 4. The minimum Gasteiger partial charge on any atom is -0.368 e. The Morgan fingerprint density at radius 1 is 1.62 bits per heavy atom. The van der Waals surface area contributed by atoms with E-state index in [9.17, 15) is 9.59 Å². The highest BCUT2D eigenvalue weighted by atomic mass is 16.2. The summed E-state index contributed by atoms with van der Waals surface area (Å²) >= 11 is 0. The Morgan fingerprint density at radius 2 is 2.15 bits per heavy atom. The van der Waals surface area contributed by atoms with Gasteiger partial charge in [-0.1, -0.05) is 0 Å². The smallest absolute Gasteiger partial charge is 0.239 e. The Hall–Kier alpha value is -1.54. The van der Waals surface area contributed by atoms with Crippen molar-refractivity contribution in [1.82, 2.24) is 5.32 Å². The van der Waals surface area contributed by atoms with E-state index in [0.29, 0.717) is 0 Å². The summed E-state index contributed by atoms with van der Waals surface area (Å²) in [7, 11) is 0. The van der Waals surface area contributed by atoms with Crippen molar-refractivity contribution >= 4 is 11.8 Å². The summed E-state index contributed by atoms with van der Waals surface area (Å²) in [5.41, 5.74) is 10.3. The second-order valence-electron chi connectivity index (χ2n) is 2.65. The van der Waals surface area contributed by atoms with E-state index in [-0.39, 0.29) is 6.42 Å². The average molecular weight is 183 g/mol. The number of terminal acetylenes is 1. The van der Waals surface area contributed by atoms with Crippen LogP contribution in [0.15, 0.2) is 0 Å². The number of nitrogens with one attached hydrogen (secondary N) is 1. The van der Waals surface area contributed by atoms with Crippen molar-refractivity contribution in [2.75, 3.05) is 0 Å². The molecule has 0 saturated carbocycles. The lowest BCUT2D eigenvalue weighted by atomic mass is 10.2. The van der Waals surface area contributed by atoms with Crippen molar-refractivity contribution in [2.45, 2.75) is 25.4 Å². The summed E-state index contributed by atoms with van der Waals surface area (Å²) in [4.78, 5) is 21.6. The van der Waals surface area contributed by atoms with Crippen molar-refractivity contribution in [3.63, 3.8) is 0 Å². The number of primary amides is 1. The van der Waals surface area contributed by atoms with E-state index >= 15 is 0 Å². The summed E-state index contributed by atoms with van der Waals surface area (Å²) in [6.07, 6.45) is 5.09. The highest BCUT2D eigenvalue weighted by Crippen LogP contribution is 1.88. The van der Waals surface area contributed by atoms with Gasteiger partial charge in [0.25, 0.3) is 0 Å². The number of carbonyl (C=O) groups is 2. The molecule has 0 spiro atoms. The largest absolute Gasteiger partial charge is 0.368 e. The molecule has 0 aliphatic heterocycles. The highest BCUT2D eigenvalue weighted by molar-refractivity contribution is 5.88. The maximum atomic E-state index is 11.1. The van der Waals surface area contributed by atoms with Crippen LogP contribution in [0.4, 0.5) is 0 Å². The molecule has 0 bridgehead atoms. The van der Waals surface area contributed by atoms with Crippen LogP contribution in [0.25, 0.3) is 0 Å². The minimum atomic E-state index is -0.785. The van der Waals surface area contributed by atoms with E-state index in [1.165, 1.54) is 6.92 Å². The zero-order valence-electron chi connectivity index (χ0n) is 7.41. The Kier molecular flexibility index (Phi) is 4.55. The third-order valence-corrected chi connectivity index (χ3v) is 1.46. The van der Waals surface area contributed by atoms with Crippen LogP contribution in [0, 0.1) is 12.3 Å². The van der Waals surface area contributed by atoms with Gasteiger partial charge in [-0.05, 0) is 6.92 Å². The number of amides is 2. The Labute approximate surface area is 76.8 Å². The van der Waals surface area contributed by atoms with Crippen LogP contribution < -0.4 is 16.8 Å². The molecule has 0 aromatic heterocycles. The van der Waals surface area contributed by atoms with Gasteiger partial charge in [0, 0.05) is 6.42 Å². The first-order valence-electron chi connectivity index (χ1n) is 3.77. The van der Waals surface area contributed by atoms with Crippen LogP contribution in [0.2, 0.25) is 0 Å². The normalized spacial score (nSPS) is 13.9. The van der Waals surface area contributed by atoms with E-state index in [2.05, 4.69) is 11.2 Å². The molecule has 5 heteroatoms. The predicted octanol–water partition coefficient (Wildman–Crippen LogP) is -1.67. The van der Waals surface area contributed by atoms with Gasteiger partial charge in [0.1, 0.15) is 6.04 Å². The van der Waals surface area contributed by atoms with Gasteiger partial charge in [-0.25, -0.2) is 0 Å². The van der Waals surface area contributed by atoms with Crippen molar-refractivity contribution in [1.29, 1.82) is 0 Å². The molecule has 2 atom stereocenters. The maximum absolute atomic E-state index is 11.1. The van der Waals surface area contributed by atoms with Gasteiger partial charge in [-0.15, -0.1) is 12.3 Å². The molecule has 0 saturated heterocycles. The molecule has 0 aromatic rings. The van der Waals surface area contributed by atoms with Gasteiger partial charge in [-0.3, -0.25) is 9.59 Å². The van der Waals surface area contributed by atoms with Crippen molar-refractivity contribution in [3.05, 3.63) is 0 Å². The lowest BCUT2D eigenvalue weighted by molar-refractivity contribution is -0.127. The Morgan fingerprint density at radius 3 is 2.54 bits per heavy atom. The zero-order chi connectivity index (χ0) is 10.4. The Bertz CT molecular complexity index is 244. The standard InChI is InChI=1S/C8H13N3O2/c1-3-4-6(9)8(13)11-5(2)7(10)12/h1,5-6H,4,9H2,2H3,(H2,10,12)(H,11,13). The number of nitrogens with two attached hydrogens (primary N) is 2. The third-order valence-electron chi connectivity index (χ3n) is 1.46. The second-order valence-corrected chi connectivity index (χ2v) is 2.65. The molecule has 0 radical (unpaired) electrons. The molecule has 0 rings (SSSR count). The van der Waals surface area contributed by atoms with E-state index in [1.54, 1.807) is 0 Å². The molecule has 0 aromatic carbocycles. The van der Waals surface area contributed by atoms with Crippen molar-refractivity contribution in [2.24, 2.45) is 11.5 Å². The quantitative estimate of drug-likeness (QED) is 0.454. The van der Waals surface area contributed by atoms with Gasteiger partial charge >= 0.3 is 0 Å². The van der Waals surface area contributed by atoms with Gasteiger partial charge in [-0.2, -0.15) is 0 Å². The molecule has 13 heavy (non-hydrogen) atoms. The second kappa shape index (κ2) is 5.17. The van der Waals surface area contributed by atoms with Crippen LogP contribution in [0.1, 0.15) is 13.3 Å². The van der Waals surface area contributed by atoms with Crippen molar-refractivity contribution in [3.8, 4) is 12.3 Å². The fourth-order valence-corrected chi connectivity index (χ4v) is 0.611. The number of hydrogen-bond acceptors (Lipinski definition) is 3. The number of carbonyl (C=O) groups excluding carboxylic acids is 2. The van der Waals surface area contributed by atoms with Crippen LogP contribution in [0.5, 0.6) is 0 Å². The molecule has 5 nitrogen and oxygen atoms in total. The van der Waals surface area contributed by atoms with E-state index < -0.39 is 23.9 Å².